The molecule has 0 N–H and O–H groups in total. The summed E-state index contributed by atoms with van der Waals surface area (Å²) in [6, 6.07) is 6.42. The zero-order chi connectivity index (χ0) is 11.3. The molecular formula is C14H20O. The number of hydrogen-bond donors (Lipinski definition) is 0. The fraction of sp³-hybridized carbons (Fsp3) is 0.429. The lowest BCUT2D eigenvalue weighted by Crippen LogP contribution is -1.99. The fourth-order valence-corrected chi connectivity index (χ4v) is 1.64. The van der Waals surface area contributed by atoms with Crippen molar-refractivity contribution in [3.63, 3.8) is 0 Å². The van der Waals surface area contributed by atoms with Gasteiger partial charge in [0.1, 0.15) is 5.75 Å². The van der Waals surface area contributed by atoms with E-state index in [4.69, 9.17) is 4.74 Å². The van der Waals surface area contributed by atoms with Crippen LogP contribution in [-0.2, 0) is 12.8 Å². The van der Waals surface area contributed by atoms with Crippen molar-refractivity contribution < 1.29 is 4.74 Å². The summed E-state index contributed by atoms with van der Waals surface area (Å²) in [6.45, 7) is 8.15. The highest BCUT2D eigenvalue weighted by molar-refractivity contribution is 5.37. The highest BCUT2D eigenvalue weighted by Crippen LogP contribution is 2.23. The van der Waals surface area contributed by atoms with Gasteiger partial charge in [0.05, 0.1) is 7.11 Å². The molecule has 1 unspecified atom stereocenters. The van der Waals surface area contributed by atoms with Gasteiger partial charge in [0.2, 0.25) is 0 Å². The van der Waals surface area contributed by atoms with Crippen molar-refractivity contribution in [2.75, 3.05) is 7.11 Å². The molecule has 0 radical (unpaired) electrons. The van der Waals surface area contributed by atoms with Gasteiger partial charge in [-0.3, -0.25) is 0 Å². The molecule has 1 aromatic carbocycles. The van der Waals surface area contributed by atoms with Crippen LogP contribution in [0.5, 0.6) is 5.75 Å². The van der Waals surface area contributed by atoms with E-state index in [9.17, 15) is 0 Å². The third kappa shape index (κ3) is 3.12. The first-order chi connectivity index (χ1) is 7.21. The van der Waals surface area contributed by atoms with E-state index in [1.165, 1.54) is 11.1 Å². The predicted octanol–water partition coefficient (Wildman–Crippen LogP) is 3.62. The number of allylic oxidation sites excluding steroid dienone is 1. The normalized spacial score (nSPS) is 12.2. The molecule has 0 saturated heterocycles. The molecule has 1 nitrogen and oxygen atoms in total. The van der Waals surface area contributed by atoms with Crippen LogP contribution in [-0.4, -0.2) is 7.11 Å². The van der Waals surface area contributed by atoms with E-state index in [1.807, 2.05) is 6.08 Å². The van der Waals surface area contributed by atoms with E-state index < -0.39 is 0 Å². The summed E-state index contributed by atoms with van der Waals surface area (Å²) in [7, 11) is 1.73. The molecule has 1 heteroatoms. The number of ether oxygens (including phenoxy) is 1. The Morgan fingerprint density at radius 2 is 2.20 bits per heavy atom. The number of methoxy groups -OCH3 is 1. The Morgan fingerprint density at radius 3 is 2.73 bits per heavy atom. The Bertz CT molecular complexity index is 328. The van der Waals surface area contributed by atoms with Crippen LogP contribution in [0.25, 0.3) is 0 Å². The molecule has 15 heavy (non-hydrogen) atoms. The molecule has 0 aliphatic rings. The molecule has 1 aromatic rings. The van der Waals surface area contributed by atoms with Gasteiger partial charge >= 0.3 is 0 Å². The third-order valence-corrected chi connectivity index (χ3v) is 2.70. The lowest BCUT2D eigenvalue weighted by atomic mass is 9.98. The van der Waals surface area contributed by atoms with Crippen molar-refractivity contribution in [3.8, 4) is 5.75 Å². The maximum Gasteiger partial charge on any atom is 0.122 e. The second-order valence-electron chi connectivity index (χ2n) is 3.92. The highest BCUT2D eigenvalue weighted by Gasteiger charge is 2.06. The first kappa shape index (κ1) is 11.8. The van der Waals surface area contributed by atoms with Gasteiger partial charge in [0, 0.05) is 0 Å². The molecule has 0 fully saturated rings. The molecule has 0 aromatic heterocycles. The van der Waals surface area contributed by atoms with E-state index in [0.717, 1.165) is 18.6 Å². The summed E-state index contributed by atoms with van der Waals surface area (Å²) < 4.78 is 5.36. The monoisotopic (exact) mass is 204 g/mol. The molecule has 1 rings (SSSR count). The van der Waals surface area contributed by atoms with Crippen LogP contribution in [0.3, 0.4) is 0 Å². The third-order valence-electron chi connectivity index (χ3n) is 2.70. The number of rotatable bonds is 5. The molecule has 0 amide bonds. The Labute approximate surface area is 92.8 Å². The summed E-state index contributed by atoms with van der Waals surface area (Å²) >= 11 is 0. The molecule has 82 valence electrons. The Hall–Kier alpha value is -1.24. The maximum atomic E-state index is 5.36. The summed E-state index contributed by atoms with van der Waals surface area (Å²) in [4.78, 5) is 0. The molecule has 1 atom stereocenters. The topological polar surface area (TPSA) is 9.23 Å². The van der Waals surface area contributed by atoms with Gasteiger partial charge in [-0.05, 0) is 36.0 Å². The Morgan fingerprint density at radius 1 is 1.47 bits per heavy atom. The zero-order valence-electron chi connectivity index (χ0n) is 9.92. The van der Waals surface area contributed by atoms with Gasteiger partial charge in [0.15, 0.2) is 0 Å². The molecule has 0 bridgehead atoms. The van der Waals surface area contributed by atoms with Crippen molar-refractivity contribution >= 4 is 0 Å². The minimum Gasteiger partial charge on any atom is -0.496 e. The summed E-state index contributed by atoms with van der Waals surface area (Å²) in [5.74, 6) is 1.48. The summed E-state index contributed by atoms with van der Waals surface area (Å²) in [5, 5.41) is 0. The van der Waals surface area contributed by atoms with E-state index in [2.05, 4.69) is 38.6 Å². The number of benzene rings is 1. The minimum atomic E-state index is 0.492. The van der Waals surface area contributed by atoms with Crippen LogP contribution in [0.1, 0.15) is 25.0 Å². The predicted molar refractivity (Wildman–Crippen MR) is 65.4 cm³/mol. The standard InChI is InChI=1S/C14H20O/c1-5-11(3)9-13-10-12(6-2)7-8-14(13)15-4/h5,7-8,10-11H,1,6,9H2,2-4H3. The minimum absolute atomic E-state index is 0.492. The summed E-state index contributed by atoms with van der Waals surface area (Å²) in [5.41, 5.74) is 2.64. The first-order valence-electron chi connectivity index (χ1n) is 5.49. The zero-order valence-corrected chi connectivity index (χ0v) is 9.92. The van der Waals surface area contributed by atoms with Crippen molar-refractivity contribution in [2.45, 2.75) is 26.7 Å². The van der Waals surface area contributed by atoms with Crippen molar-refractivity contribution in [2.24, 2.45) is 5.92 Å². The molecule has 0 saturated carbocycles. The van der Waals surface area contributed by atoms with Crippen LogP contribution in [0.15, 0.2) is 30.9 Å². The molecule has 0 aliphatic heterocycles. The molecular weight excluding hydrogens is 184 g/mol. The molecule has 0 spiro atoms. The largest absolute Gasteiger partial charge is 0.496 e. The Balaban J connectivity index is 2.95. The van der Waals surface area contributed by atoms with Gasteiger partial charge < -0.3 is 4.74 Å². The van der Waals surface area contributed by atoms with Gasteiger partial charge in [-0.15, -0.1) is 6.58 Å². The first-order valence-corrected chi connectivity index (χ1v) is 5.49. The summed E-state index contributed by atoms with van der Waals surface area (Å²) in [6.07, 6.45) is 4.05. The molecule has 0 aliphatic carbocycles. The van der Waals surface area contributed by atoms with Crippen LogP contribution in [0, 0.1) is 5.92 Å². The number of hydrogen-bond acceptors (Lipinski definition) is 1. The second-order valence-corrected chi connectivity index (χ2v) is 3.92. The number of aryl methyl sites for hydroxylation is 1. The molecule has 0 heterocycles. The van der Waals surface area contributed by atoms with Gasteiger partial charge in [-0.2, -0.15) is 0 Å². The Kier molecular flexibility index (Phi) is 4.41. The SMILES string of the molecule is C=CC(C)Cc1cc(CC)ccc1OC. The smallest absolute Gasteiger partial charge is 0.122 e. The van der Waals surface area contributed by atoms with Crippen LogP contribution in [0.4, 0.5) is 0 Å². The van der Waals surface area contributed by atoms with E-state index in [-0.39, 0.29) is 0 Å². The van der Waals surface area contributed by atoms with Crippen LogP contribution >= 0.6 is 0 Å². The second kappa shape index (κ2) is 5.59. The lowest BCUT2D eigenvalue weighted by molar-refractivity contribution is 0.407. The quantitative estimate of drug-likeness (QED) is 0.666. The van der Waals surface area contributed by atoms with E-state index in [0.29, 0.717) is 5.92 Å². The fourth-order valence-electron chi connectivity index (χ4n) is 1.64. The maximum absolute atomic E-state index is 5.36. The van der Waals surface area contributed by atoms with E-state index in [1.54, 1.807) is 7.11 Å². The van der Waals surface area contributed by atoms with Crippen molar-refractivity contribution in [1.82, 2.24) is 0 Å². The van der Waals surface area contributed by atoms with Gasteiger partial charge in [-0.1, -0.05) is 32.1 Å². The van der Waals surface area contributed by atoms with E-state index >= 15 is 0 Å². The van der Waals surface area contributed by atoms with Crippen molar-refractivity contribution in [3.05, 3.63) is 42.0 Å². The van der Waals surface area contributed by atoms with Crippen LogP contribution < -0.4 is 4.74 Å². The average molecular weight is 204 g/mol. The highest BCUT2D eigenvalue weighted by atomic mass is 16.5. The average Bonchev–Trinajstić information content (AvgIpc) is 2.28. The lowest BCUT2D eigenvalue weighted by Gasteiger charge is -2.12. The van der Waals surface area contributed by atoms with Gasteiger partial charge in [-0.25, -0.2) is 0 Å². The van der Waals surface area contributed by atoms with Crippen LogP contribution in [0.2, 0.25) is 0 Å². The van der Waals surface area contributed by atoms with Crippen molar-refractivity contribution in [1.29, 1.82) is 0 Å². The van der Waals surface area contributed by atoms with Gasteiger partial charge in [0.25, 0.3) is 0 Å².